The first-order valence-corrected chi connectivity index (χ1v) is 8.32. The molecule has 23 heavy (non-hydrogen) atoms. The van der Waals surface area contributed by atoms with Crippen molar-refractivity contribution in [2.75, 3.05) is 26.2 Å². The standard InChI is InChI=1S/C19H28N2O2/c1-14-12-17(19(3,4)5)7-6-16(14)13-18(23)21-10-8-20(9-11-21)15(2)22/h6-7,12H,8-11,13H2,1-5H3. The van der Waals surface area contributed by atoms with Crippen molar-refractivity contribution in [3.05, 3.63) is 34.9 Å². The van der Waals surface area contributed by atoms with Gasteiger partial charge in [-0.2, -0.15) is 0 Å². The summed E-state index contributed by atoms with van der Waals surface area (Å²) < 4.78 is 0. The van der Waals surface area contributed by atoms with Crippen LogP contribution in [0, 0.1) is 6.92 Å². The van der Waals surface area contributed by atoms with Crippen LogP contribution in [0.15, 0.2) is 18.2 Å². The average Bonchev–Trinajstić information content (AvgIpc) is 2.48. The highest BCUT2D eigenvalue weighted by Crippen LogP contribution is 2.24. The Morgan fingerprint density at radius 1 is 1.04 bits per heavy atom. The van der Waals surface area contributed by atoms with Crippen LogP contribution in [0.25, 0.3) is 0 Å². The van der Waals surface area contributed by atoms with Gasteiger partial charge in [-0.25, -0.2) is 0 Å². The monoisotopic (exact) mass is 316 g/mol. The molecule has 0 aliphatic carbocycles. The molecule has 4 nitrogen and oxygen atoms in total. The molecule has 4 heteroatoms. The third-order valence-corrected chi connectivity index (χ3v) is 4.63. The normalized spacial score (nSPS) is 15.7. The summed E-state index contributed by atoms with van der Waals surface area (Å²) in [6, 6.07) is 6.40. The topological polar surface area (TPSA) is 40.6 Å². The Morgan fingerprint density at radius 2 is 1.61 bits per heavy atom. The zero-order chi connectivity index (χ0) is 17.2. The van der Waals surface area contributed by atoms with Gasteiger partial charge < -0.3 is 9.80 Å². The fraction of sp³-hybridized carbons (Fsp3) is 0.579. The van der Waals surface area contributed by atoms with Gasteiger partial charge in [-0.15, -0.1) is 0 Å². The van der Waals surface area contributed by atoms with Gasteiger partial charge >= 0.3 is 0 Å². The lowest BCUT2D eigenvalue weighted by Crippen LogP contribution is -2.50. The highest BCUT2D eigenvalue weighted by atomic mass is 16.2. The van der Waals surface area contributed by atoms with E-state index in [1.165, 1.54) is 11.1 Å². The molecule has 2 rings (SSSR count). The quantitative estimate of drug-likeness (QED) is 0.841. The van der Waals surface area contributed by atoms with Crippen LogP contribution < -0.4 is 0 Å². The highest BCUT2D eigenvalue weighted by molar-refractivity contribution is 5.80. The minimum absolute atomic E-state index is 0.0886. The molecule has 1 aliphatic rings. The molecule has 0 aromatic heterocycles. The van der Waals surface area contributed by atoms with Gasteiger partial charge in [0.25, 0.3) is 0 Å². The molecule has 2 amide bonds. The first-order valence-electron chi connectivity index (χ1n) is 8.32. The van der Waals surface area contributed by atoms with Crippen LogP contribution in [-0.4, -0.2) is 47.8 Å². The van der Waals surface area contributed by atoms with Gasteiger partial charge in [0.15, 0.2) is 0 Å². The van der Waals surface area contributed by atoms with Crippen molar-refractivity contribution in [2.45, 2.75) is 46.5 Å². The van der Waals surface area contributed by atoms with Crippen molar-refractivity contribution in [1.82, 2.24) is 9.80 Å². The smallest absolute Gasteiger partial charge is 0.227 e. The molecule has 1 saturated heterocycles. The van der Waals surface area contributed by atoms with E-state index < -0.39 is 0 Å². The van der Waals surface area contributed by atoms with Gasteiger partial charge in [-0.05, 0) is 29.0 Å². The number of piperazine rings is 1. The van der Waals surface area contributed by atoms with E-state index in [-0.39, 0.29) is 17.2 Å². The third-order valence-electron chi connectivity index (χ3n) is 4.63. The minimum atomic E-state index is 0.0886. The number of carbonyl (C=O) groups is 2. The second kappa shape index (κ2) is 6.73. The second-order valence-corrected chi connectivity index (χ2v) is 7.45. The van der Waals surface area contributed by atoms with Crippen LogP contribution in [0.3, 0.4) is 0 Å². The number of aryl methyl sites for hydroxylation is 1. The fourth-order valence-corrected chi connectivity index (χ4v) is 2.91. The molecule has 0 saturated carbocycles. The Hall–Kier alpha value is -1.84. The Balaban J connectivity index is 2.00. The van der Waals surface area contributed by atoms with Gasteiger partial charge in [-0.1, -0.05) is 39.0 Å². The van der Waals surface area contributed by atoms with Crippen molar-refractivity contribution in [2.24, 2.45) is 0 Å². The molecule has 1 aromatic rings. The van der Waals surface area contributed by atoms with Gasteiger partial charge in [0.05, 0.1) is 6.42 Å². The number of amides is 2. The summed E-state index contributed by atoms with van der Waals surface area (Å²) in [5.41, 5.74) is 3.68. The zero-order valence-electron chi connectivity index (χ0n) is 15.0. The lowest BCUT2D eigenvalue weighted by Gasteiger charge is -2.34. The number of hydrogen-bond donors (Lipinski definition) is 0. The number of carbonyl (C=O) groups excluding carboxylic acids is 2. The minimum Gasteiger partial charge on any atom is -0.339 e. The SMILES string of the molecule is CC(=O)N1CCN(C(=O)Cc2ccc(C(C)(C)C)cc2C)CC1. The van der Waals surface area contributed by atoms with Crippen molar-refractivity contribution < 1.29 is 9.59 Å². The Morgan fingerprint density at radius 3 is 2.09 bits per heavy atom. The van der Waals surface area contributed by atoms with Crippen molar-refractivity contribution in [1.29, 1.82) is 0 Å². The largest absolute Gasteiger partial charge is 0.339 e. The molecule has 0 atom stereocenters. The van der Waals surface area contributed by atoms with E-state index in [0.29, 0.717) is 32.6 Å². The number of benzene rings is 1. The zero-order valence-corrected chi connectivity index (χ0v) is 15.0. The van der Waals surface area contributed by atoms with E-state index in [1.807, 2.05) is 4.90 Å². The summed E-state index contributed by atoms with van der Waals surface area (Å²) >= 11 is 0. The number of hydrogen-bond acceptors (Lipinski definition) is 2. The number of nitrogens with zero attached hydrogens (tertiary/aromatic N) is 2. The molecule has 1 aliphatic heterocycles. The predicted molar refractivity (Wildman–Crippen MR) is 92.4 cm³/mol. The third kappa shape index (κ3) is 4.34. The Labute approximate surface area is 139 Å². The van der Waals surface area contributed by atoms with E-state index in [9.17, 15) is 9.59 Å². The van der Waals surface area contributed by atoms with Crippen LogP contribution in [-0.2, 0) is 21.4 Å². The van der Waals surface area contributed by atoms with E-state index in [4.69, 9.17) is 0 Å². The molecule has 0 bridgehead atoms. The molecule has 0 radical (unpaired) electrons. The summed E-state index contributed by atoms with van der Waals surface area (Å²) in [6.07, 6.45) is 0.441. The second-order valence-electron chi connectivity index (χ2n) is 7.45. The average molecular weight is 316 g/mol. The molecule has 1 aromatic carbocycles. The van der Waals surface area contributed by atoms with Crippen LogP contribution in [0.4, 0.5) is 0 Å². The van der Waals surface area contributed by atoms with E-state index in [0.717, 1.165) is 5.56 Å². The molecule has 0 N–H and O–H groups in total. The fourth-order valence-electron chi connectivity index (χ4n) is 2.91. The maximum absolute atomic E-state index is 12.5. The van der Waals surface area contributed by atoms with E-state index in [2.05, 4.69) is 45.9 Å². The van der Waals surface area contributed by atoms with Gasteiger partial charge in [-0.3, -0.25) is 9.59 Å². The van der Waals surface area contributed by atoms with E-state index >= 15 is 0 Å². The summed E-state index contributed by atoms with van der Waals surface area (Å²) in [4.78, 5) is 27.5. The molecular weight excluding hydrogens is 288 g/mol. The van der Waals surface area contributed by atoms with Crippen LogP contribution >= 0.6 is 0 Å². The first kappa shape index (κ1) is 17.5. The first-order chi connectivity index (χ1) is 10.7. The molecular formula is C19H28N2O2. The van der Waals surface area contributed by atoms with Crippen LogP contribution in [0.5, 0.6) is 0 Å². The maximum Gasteiger partial charge on any atom is 0.227 e. The molecule has 0 unspecified atom stereocenters. The lowest BCUT2D eigenvalue weighted by atomic mass is 9.85. The summed E-state index contributed by atoms with van der Waals surface area (Å²) in [6.45, 7) is 12.8. The Bertz CT molecular complexity index is 594. The maximum atomic E-state index is 12.5. The molecule has 126 valence electrons. The van der Waals surface area contributed by atoms with Gasteiger partial charge in [0.2, 0.25) is 11.8 Å². The summed E-state index contributed by atoms with van der Waals surface area (Å²) in [5, 5.41) is 0. The number of rotatable bonds is 2. The van der Waals surface area contributed by atoms with Crippen molar-refractivity contribution in [3.8, 4) is 0 Å². The van der Waals surface area contributed by atoms with Gasteiger partial charge in [0, 0.05) is 33.1 Å². The van der Waals surface area contributed by atoms with Gasteiger partial charge in [0.1, 0.15) is 0 Å². The highest BCUT2D eigenvalue weighted by Gasteiger charge is 2.23. The molecule has 0 spiro atoms. The Kier molecular flexibility index (Phi) is 5.12. The van der Waals surface area contributed by atoms with Crippen molar-refractivity contribution >= 4 is 11.8 Å². The van der Waals surface area contributed by atoms with Crippen LogP contribution in [0.1, 0.15) is 44.4 Å². The van der Waals surface area contributed by atoms with Crippen molar-refractivity contribution in [3.63, 3.8) is 0 Å². The predicted octanol–water partition coefficient (Wildman–Crippen LogP) is 2.53. The summed E-state index contributed by atoms with van der Waals surface area (Å²) in [5.74, 6) is 0.241. The molecule has 1 fully saturated rings. The molecule has 1 heterocycles. The lowest BCUT2D eigenvalue weighted by molar-refractivity contribution is -0.138. The van der Waals surface area contributed by atoms with E-state index in [1.54, 1.807) is 11.8 Å². The summed E-state index contributed by atoms with van der Waals surface area (Å²) in [7, 11) is 0. The van der Waals surface area contributed by atoms with Crippen LogP contribution in [0.2, 0.25) is 0 Å².